The van der Waals surface area contributed by atoms with Crippen LogP contribution in [0.4, 0.5) is 5.69 Å². The molecule has 4 heterocycles. The van der Waals surface area contributed by atoms with Crippen LogP contribution in [-0.2, 0) is 26.2 Å². The Morgan fingerprint density at radius 1 is 1.17 bits per heavy atom. The van der Waals surface area contributed by atoms with Gasteiger partial charge in [-0.2, -0.15) is 0 Å². The number of carboxylic acids is 1. The number of hydrogen-bond acceptors (Lipinski definition) is 6. The molecule has 0 radical (unpaired) electrons. The number of carbonyl (C=O) groups excluding carboxylic acids is 1. The van der Waals surface area contributed by atoms with Crippen molar-refractivity contribution in [3.8, 4) is 0 Å². The number of sulfonamides is 1. The summed E-state index contributed by atoms with van der Waals surface area (Å²) in [7, 11) is -3.82. The highest BCUT2D eigenvalue weighted by molar-refractivity contribution is 7.94. The van der Waals surface area contributed by atoms with Gasteiger partial charge < -0.3 is 14.6 Å². The number of fused-ring (bicyclic) bond motifs is 4. The molecule has 2 unspecified atom stereocenters. The Kier molecular flexibility index (Phi) is 5.41. The molecule has 9 nitrogen and oxygen atoms in total. The number of anilines is 1. The van der Waals surface area contributed by atoms with Crippen LogP contribution in [0.5, 0.6) is 0 Å². The SMILES string of the molecule is O=C(O)CCC(=O)N1CC2CC(C1)c1ccc(NS(=O)(=O)c3cccs3)c(=O)n1C2. The fraction of sp³-hybridized carbons (Fsp3) is 0.421. The number of piperidine rings is 1. The predicted molar refractivity (Wildman–Crippen MR) is 110 cm³/mol. The van der Waals surface area contributed by atoms with Crippen LogP contribution in [0.2, 0.25) is 0 Å². The van der Waals surface area contributed by atoms with Gasteiger partial charge in [-0.3, -0.25) is 19.1 Å². The molecule has 2 aromatic heterocycles. The highest BCUT2D eigenvalue weighted by Gasteiger charge is 2.36. The van der Waals surface area contributed by atoms with Crippen LogP contribution in [0.3, 0.4) is 0 Å². The Morgan fingerprint density at radius 2 is 1.97 bits per heavy atom. The number of aliphatic carboxylic acids is 1. The molecular formula is C19H21N3O6S2. The molecule has 0 aliphatic carbocycles. The van der Waals surface area contributed by atoms with Crippen LogP contribution in [0.1, 0.15) is 30.9 Å². The minimum atomic E-state index is -3.82. The van der Waals surface area contributed by atoms with E-state index in [-0.39, 0.29) is 40.5 Å². The zero-order chi connectivity index (χ0) is 21.5. The van der Waals surface area contributed by atoms with Gasteiger partial charge in [-0.1, -0.05) is 6.07 Å². The number of amides is 1. The molecule has 2 N–H and O–H groups in total. The van der Waals surface area contributed by atoms with Gasteiger partial charge in [-0.05, 0) is 35.9 Å². The number of hydrogen-bond donors (Lipinski definition) is 2. The quantitative estimate of drug-likeness (QED) is 0.686. The summed E-state index contributed by atoms with van der Waals surface area (Å²) in [4.78, 5) is 37.7. The Balaban J connectivity index is 1.56. The summed E-state index contributed by atoms with van der Waals surface area (Å²) in [6.45, 7) is 1.28. The van der Waals surface area contributed by atoms with Gasteiger partial charge >= 0.3 is 5.97 Å². The second-order valence-corrected chi connectivity index (χ2v) is 10.5. The number of likely N-dealkylation sites (tertiary alicyclic amines) is 1. The standard InChI is InChI=1S/C19H21N3O6S2/c23-16(5-6-17(24)25)21-9-12-8-13(11-21)15-4-3-14(19(26)22(15)10-12)20-30(27,28)18-2-1-7-29-18/h1-4,7,12-13,20H,5-6,8-11H2,(H,24,25). The van der Waals surface area contributed by atoms with E-state index >= 15 is 0 Å². The maximum atomic E-state index is 13.0. The number of pyridine rings is 1. The van der Waals surface area contributed by atoms with E-state index in [1.807, 2.05) is 0 Å². The largest absolute Gasteiger partial charge is 0.481 e. The number of carboxylic acid groups (broad SMARTS) is 1. The summed E-state index contributed by atoms with van der Waals surface area (Å²) in [6, 6.07) is 6.32. The van der Waals surface area contributed by atoms with E-state index in [9.17, 15) is 22.8 Å². The Hall–Kier alpha value is -2.66. The Labute approximate surface area is 177 Å². The fourth-order valence-electron chi connectivity index (χ4n) is 4.21. The fourth-order valence-corrected chi connectivity index (χ4v) is 6.26. The molecule has 4 rings (SSSR count). The summed E-state index contributed by atoms with van der Waals surface area (Å²) in [5.74, 6) is -1.17. The van der Waals surface area contributed by atoms with Crippen molar-refractivity contribution in [1.29, 1.82) is 0 Å². The zero-order valence-electron chi connectivity index (χ0n) is 16.0. The molecule has 11 heteroatoms. The second kappa shape index (κ2) is 7.88. The first kappa shape index (κ1) is 20.6. The van der Waals surface area contributed by atoms with Gasteiger partial charge in [0.1, 0.15) is 9.90 Å². The van der Waals surface area contributed by atoms with Gasteiger partial charge in [-0.15, -0.1) is 11.3 Å². The molecule has 0 saturated carbocycles. The minimum absolute atomic E-state index is 0.00140. The molecule has 1 amide bonds. The first-order valence-corrected chi connectivity index (χ1v) is 11.9. The molecule has 30 heavy (non-hydrogen) atoms. The van der Waals surface area contributed by atoms with Crippen molar-refractivity contribution in [3.63, 3.8) is 0 Å². The third-order valence-corrected chi connectivity index (χ3v) is 8.28. The molecule has 2 bridgehead atoms. The molecule has 2 aliphatic rings. The Bertz CT molecular complexity index is 1140. The summed E-state index contributed by atoms with van der Waals surface area (Å²) in [5, 5.41) is 10.4. The lowest BCUT2D eigenvalue weighted by atomic mass is 9.83. The maximum absolute atomic E-state index is 13.0. The summed E-state index contributed by atoms with van der Waals surface area (Å²) in [5.41, 5.74) is 0.376. The maximum Gasteiger partial charge on any atom is 0.303 e. The molecule has 0 spiro atoms. The van der Waals surface area contributed by atoms with E-state index in [1.54, 1.807) is 27.0 Å². The van der Waals surface area contributed by atoms with Crippen molar-refractivity contribution < 1.29 is 23.1 Å². The normalized spacial score (nSPS) is 20.5. The number of nitrogens with one attached hydrogen (secondary N) is 1. The van der Waals surface area contributed by atoms with Crippen LogP contribution in [0.25, 0.3) is 0 Å². The summed E-state index contributed by atoms with van der Waals surface area (Å²) < 4.78 is 29.1. The van der Waals surface area contributed by atoms with Crippen molar-refractivity contribution in [3.05, 3.63) is 45.7 Å². The average molecular weight is 452 g/mol. The monoisotopic (exact) mass is 451 g/mol. The highest BCUT2D eigenvalue weighted by Crippen LogP contribution is 2.36. The van der Waals surface area contributed by atoms with Crippen LogP contribution >= 0.6 is 11.3 Å². The van der Waals surface area contributed by atoms with Crippen LogP contribution in [-0.4, -0.2) is 48.0 Å². The predicted octanol–water partition coefficient (Wildman–Crippen LogP) is 1.52. The molecule has 2 aromatic rings. The summed E-state index contributed by atoms with van der Waals surface area (Å²) >= 11 is 1.07. The number of aromatic nitrogens is 1. The minimum Gasteiger partial charge on any atom is -0.481 e. The molecule has 0 aromatic carbocycles. The van der Waals surface area contributed by atoms with Gasteiger partial charge in [0, 0.05) is 37.7 Å². The molecule has 160 valence electrons. The first-order chi connectivity index (χ1) is 14.2. The number of nitrogens with zero attached hydrogens (tertiary/aromatic N) is 2. The van der Waals surface area contributed by atoms with Crippen molar-refractivity contribution in [1.82, 2.24) is 9.47 Å². The first-order valence-electron chi connectivity index (χ1n) is 9.54. The smallest absolute Gasteiger partial charge is 0.303 e. The van der Waals surface area contributed by atoms with Crippen LogP contribution < -0.4 is 10.3 Å². The Morgan fingerprint density at radius 3 is 2.67 bits per heavy atom. The van der Waals surface area contributed by atoms with Gasteiger partial charge in [0.2, 0.25) is 5.91 Å². The van der Waals surface area contributed by atoms with Crippen molar-refractivity contribution in [2.75, 3.05) is 17.8 Å². The topological polar surface area (TPSA) is 126 Å². The zero-order valence-corrected chi connectivity index (χ0v) is 17.6. The van der Waals surface area contributed by atoms with E-state index < -0.39 is 21.6 Å². The molecule has 1 fully saturated rings. The lowest BCUT2D eigenvalue weighted by Crippen LogP contribution is -2.49. The van der Waals surface area contributed by atoms with E-state index in [2.05, 4.69) is 4.72 Å². The lowest BCUT2D eigenvalue weighted by Gasteiger charge is -2.43. The molecule has 2 aliphatic heterocycles. The number of rotatable bonds is 6. The van der Waals surface area contributed by atoms with Gasteiger partial charge in [-0.25, -0.2) is 8.42 Å². The van der Waals surface area contributed by atoms with Crippen molar-refractivity contribution >= 4 is 38.9 Å². The average Bonchev–Trinajstić information content (AvgIpc) is 3.24. The third-order valence-electron chi connectivity index (χ3n) is 5.51. The molecule has 2 atom stereocenters. The van der Waals surface area contributed by atoms with Gasteiger partial charge in [0.15, 0.2) is 0 Å². The number of carbonyl (C=O) groups is 2. The van der Waals surface area contributed by atoms with E-state index in [1.165, 1.54) is 12.1 Å². The van der Waals surface area contributed by atoms with Crippen molar-refractivity contribution in [2.24, 2.45) is 5.92 Å². The van der Waals surface area contributed by atoms with E-state index in [4.69, 9.17) is 5.11 Å². The van der Waals surface area contributed by atoms with Crippen LogP contribution in [0, 0.1) is 5.92 Å². The molecular weight excluding hydrogens is 430 g/mol. The molecule has 1 saturated heterocycles. The van der Waals surface area contributed by atoms with Crippen molar-refractivity contribution in [2.45, 2.75) is 35.9 Å². The third kappa shape index (κ3) is 3.99. The number of thiophene rings is 1. The van der Waals surface area contributed by atoms with Gasteiger partial charge in [0.25, 0.3) is 15.6 Å². The van der Waals surface area contributed by atoms with E-state index in [0.717, 1.165) is 23.5 Å². The van der Waals surface area contributed by atoms with Gasteiger partial charge in [0.05, 0.1) is 6.42 Å². The lowest BCUT2D eigenvalue weighted by molar-refractivity contribution is -0.141. The summed E-state index contributed by atoms with van der Waals surface area (Å²) in [6.07, 6.45) is 0.599. The second-order valence-electron chi connectivity index (χ2n) is 7.62. The van der Waals surface area contributed by atoms with Crippen LogP contribution in [0.15, 0.2) is 38.6 Å². The highest BCUT2D eigenvalue weighted by atomic mass is 32.2. The van der Waals surface area contributed by atoms with E-state index in [0.29, 0.717) is 19.6 Å².